The third kappa shape index (κ3) is 3.36. The highest BCUT2D eigenvalue weighted by Gasteiger charge is 2.13. The summed E-state index contributed by atoms with van der Waals surface area (Å²) in [7, 11) is 2.06. The van der Waals surface area contributed by atoms with Gasteiger partial charge in [-0.25, -0.2) is 4.68 Å². The van der Waals surface area contributed by atoms with E-state index in [1.54, 1.807) is 0 Å². The highest BCUT2D eigenvalue weighted by molar-refractivity contribution is 5.43. The smallest absolute Gasteiger partial charge is 0.165 e. The fourth-order valence-electron chi connectivity index (χ4n) is 2.52. The molecule has 0 aliphatic carbocycles. The third-order valence-electron chi connectivity index (χ3n) is 3.51. The van der Waals surface area contributed by atoms with Gasteiger partial charge in [0.15, 0.2) is 17.3 Å². The maximum atomic E-state index is 5.62. The molecule has 0 bridgehead atoms. The number of benzene rings is 1. The lowest BCUT2D eigenvalue weighted by atomic mass is 10.2. The Bertz CT molecular complexity index is 628. The van der Waals surface area contributed by atoms with Crippen LogP contribution in [0.3, 0.4) is 0 Å². The molecule has 7 nitrogen and oxygen atoms in total. The zero-order valence-electron chi connectivity index (χ0n) is 13.0. The van der Waals surface area contributed by atoms with Crippen molar-refractivity contribution in [2.75, 3.05) is 20.3 Å². The summed E-state index contributed by atoms with van der Waals surface area (Å²) in [6.07, 6.45) is 1.02. The quantitative estimate of drug-likeness (QED) is 0.805. The van der Waals surface area contributed by atoms with Crippen LogP contribution in [0.1, 0.15) is 24.7 Å². The summed E-state index contributed by atoms with van der Waals surface area (Å²) in [6, 6.07) is 6.08. The van der Waals surface area contributed by atoms with Crippen molar-refractivity contribution < 1.29 is 9.47 Å². The topological polar surface area (TPSA) is 65.3 Å². The van der Waals surface area contributed by atoms with Crippen LogP contribution in [0.5, 0.6) is 11.5 Å². The molecule has 1 aromatic carbocycles. The molecule has 1 aromatic heterocycles. The van der Waals surface area contributed by atoms with Crippen molar-refractivity contribution in [3.8, 4) is 11.5 Å². The molecule has 1 aliphatic heterocycles. The average Bonchev–Trinajstić information content (AvgIpc) is 2.94. The molecule has 0 unspecified atom stereocenters. The molecule has 0 N–H and O–H groups in total. The molecule has 0 atom stereocenters. The molecule has 22 heavy (non-hydrogen) atoms. The molecule has 0 amide bonds. The van der Waals surface area contributed by atoms with E-state index in [1.165, 1.54) is 5.56 Å². The van der Waals surface area contributed by atoms with Gasteiger partial charge in [0.1, 0.15) is 13.2 Å². The first-order valence-corrected chi connectivity index (χ1v) is 7.58. The summed E-state index contributed by atoms with van der Waals surface area (Å²) in [4.78, 5) is 2.18. The lowest BCUT2D eigenvalue weighted by molar-refractivity contribution is 0.171. The van der Waals surface area contributed by atoms with Crippen molar-refractivity contribution in [1.82, 2.24) is 25.1 Å². The molecular formula is C15H21N5O2. The Kier molecular flexibility index (Phi) is 4.53. The van der Waals surface area contributed by atoms with Gasteiger partial charge in [0, 0.05) is 13.1 Å². The molecule has 0 fully saturated rings. The molecular weight excluding hydrogens is 282 g/mol. The minimum atomic E-state index is 0.609. The molecule has 0 radical (unpaired) electrons. The lowest BCUT2D eigenvalue weighted by Crippen LogP contribution is -2.21. The van der Waals surface area contributed by atoms with Crippen LogP contribution >= 0.6 is 0 Å². The van der Waals surface area contributed by atoms with Gasteiger partial charge in [0.2, 0.25) is 0 Å². The highest BCUT2D eigenvalue weighted by Crippen LogP contribution is 2.31. The number of aryl methyl sites for hydroxylation is 1. The van der Waals surface area contributed by atoms with Crippen molar-refractivity contribution in [3.63, 3.8) is 0 Å². The maximum Gasteiger partial charge on any atom is 0.165 e. The van der Waals surface area contributed by atoms with Crippen molar-refractivity contribution >= 4 is 0 Å². The van der Waals surface area contributed by atoms with Crippen molar-refractivity contribution in [3.05, 3.63) is 29.6 Å². The van der Waals surface area contributed by atoms with Gasteiger partial charge in [-0.1, -0.05) is 13.0 Å². The standard InChI is InChI=1S/C15H21N5O2/c1-3-6-20-15(16-17-18-20)11-19(2)10-12-4-5-13-14(9-12)22-8-7-21-13/h4-5,9H,3,6-8,10-11H2,1-2H3. The first-order valence-electron chi connectivity index (χ1n) is 7.58. The first-order chi connectivity index (χ1) is 10.8. The normalized spacial score (nSPS) is 13.6. The van der Waals surface area contributed by atoms with Gasteiger partial charge in [-0.05, 0) is 41.6 Å². The molecule has 0 saturated carbocycles. The molecule has 1 aliphatic rings. The van der Waals surface area contributed by atoms with Crippen LogP contribution < -0.4 is 9.47 Å². The molecule has 3 rings (SSSR count). The largest absolute Gasteiger partial charge is 0.486 e. The molecule has 118 valence electrons. The number of hydrogen-bond acceptors (Lipinski definition) is 6. The Balaban J connectivity index is 1.64. The Morgan fingerprint density at radius 3 is 2.82 bits per heavy atom. The van der Waals surface area contributed by atoms with E-state index in [4.69, 9.17) is 9.47 Å². The van der Waals surface area contributed by atoms with Crippen molar-refractivity contribution in [2.45, 2.75) is 33.0 Å². The molecule has 0 saturated heterocycles. The number of ether oxygens (including phenoxy) is 2. The number of nitrogens with zero attached hydrogens (tertiary/aromatic N) is 5. The summed E-state index contributed by atoms with van der Waals surface area (Å²) in [5, 5.41) is 11.9. The summed E-state index contributed by atoms with van der Waals surface area (Å²) in [5.74, 6) is 2.54. The van der Waals surface area contributed by atoms with Gasteiger partial charge in [-0.15, -0.1) is 5.10 Å². The molecule has 2 heterocycles. The Morgan fingerprint density at radius 2 is 2.00 bits per heavy atom. The van der Waals surface area contributed by atoms with Crippen LogP contribution in [0, 0.1) is 0 Å². The first kappa shape index (κ1) is 14.8. The summed E-state index contributed by atoms with van der Waals surface area (Å²) in [6.45, 7) is 5.70. The van der Waals surface area contributed by atoms with E-state index < -0.39 is 0 Å². The van der Waals surface area contributed by atoms with Crippen molar-refractivity contribution in [1.29, 1.82) is 0 Å². The van der Waals surface area contributed by atoms with Crippen LogP contribution in [0.15, 0.2) is 18.2 Å². The van der Waals surface area contributed by atoms with Gasteiger partial charge in [0.05, 0.1) is 6.54 Å². The van der Waals surface area contributed by atoms with Gasteiger partial charge in [-0.2, -0.15) is 0 Å². The Morgan fingerprint density at radius 1 is 1.18 bits per heavy atom. The minimum Gasteiger partial charge on any atom is -0.486 e. The van der Waals surface area contributed by atoms with E-state index in [0.717, 1.165) is 36.8 Å². The van der Waals surface area contributed by atoms with Crippen molar-refractivity contribution in [2.24, 2.45) is 0 Å². The van der Waals surface area contributed by atoms with Gasteiger partial charge < -0.3 is 9.47 Å². The maximum absolute atomic E-state index is 5.62. The SMILES string of the molecule is CCCn1nnnc1CN(C)Cc1ccc2c(c1)OCCO2. The van der Waals surface area contributed by atoms with Crippen LogP contribution in [0.2, 0.25) is 0 Å². The number of aromatic nitrogens is 4. The van der Waals surface area contributed by atoms with Gasteiger partial charge in [0.25, 0.3) is 0 Å². The van der Waals surface area contributed by atoms with E-state index in [9.17, 15) is 0 Å². The van der Waals surface area contributed by atoms with E-state index >= 15 is 0 Å². The van der Waals surface area contributed by atoms with Gasteiger partial charge in [-0.3, -0.25) is 4.90 Å². The number of tetrazole rings is 1. The number of fused-ring (bicyclic) bond motifs is 1. The molecule has 0 spiro atoms. The lowest BCUT2D eigenvalue weighted by Gasteiger charge is -2.20. The highest BCUT2D eigenvalue weighted by atomic mass is 16.6. The van der Waals surface area contributed by atoms with E-state index in [-0.39, 0.29) is 0 Å². The van der Waals surface area contributed by atoms with Crippen LogP contribution in [-0.4, -0.2) is 45.4 Å². The summed E-state index contributed by atoms with van der Waals surface area (Å²) < 4.78 is 13.0. The number of rotatable bonds is 6. The molecule has 2 aromatic rings. The second kappa shape index (κ2) is 6.74. The van der Waals surface area contributed by atoms with Crippen LogP contribution in [-0.2, 0) is 19.6 Å². The van der Waals surface area contributed by atoms with Crippen LogP contribution in [0.25, 0.3) is 0 Å². The second-order valence-corrected chi connectivity index (χ2v) is 5.47. The predicted molar refractivity (Wildman–Crippen MR) is 80.7 cm³/mol. The average molecular weight is 303 g/mol. The minimum absolute atomic E-state index is 0.609. The zero-order valence-corrected chi connectivity index (χ0v) is 13.0. The fourth-order valence-corrected chi connectivity index (χ4v) is 2.52. The van der Waals surface area contributed by atoms with E-state index in [2.05, 4.69) is 40.5 Å². The third-order valence-corrected chi connectivity index (χ3v) is 3.51. The van der Waals surface area contributed by atoms with E-state index in [0.29, 0.717) is 19.8 Å². The fraction of sp³-hybridized carbons (Fsp3) is 0.533. The second-order valence-electron chi connectivity index (χ2n) is 5.47. The Labute approximate surface area is 129 Å². The van der Waals surface area contributed by atoms with E-state index in [1.807, 2.05) is 16.8 Å². The number of hydrogen-bond donors (Lipinski definition) is 0. The zero-order chi connectivity index (χ0) is 15.4. The van der Waals surface area contributed by atoms with Crippen LogP contribution in [0.4, 0.5) is 0 Å². The monoisotopic (exact) mass is 303 g/mol. The predicted octanol–water partition coefficient (Wildman–Crippen LogP) is 1.49. The summed E-state index contributed by atoms with van der Waals surface area (Å²) >= 11 is 0. The Hall–Kier alpha value is -2.15. The van der Waals surface area contributed by atoms with Gasteiger partial charge >= 0.3 is 0 Å². The summed E-state index contributed by atoms with van der Waals surface area (Å²) in [5.41, 5.74) is 1.18. The molecule has 7 heteroatoms.